The molecule has 5 nitrogen and oxygen atoms in total. The summed E-state index contributed by atoms with van der Waals surface area (Å²) in [4.78, 5) is 25.3. The minimum Gasteiger partial charge on any atom is -0.481 e. The molecule has 0 saturated carbocycles. The van der Waals surface area contributed by atoms with Crippen LogP contribution in [-0.2, 0) is 9.53 Å². The van der Waals surface area contributed by atoms with E-state index in [-0.39, 0.29) is 30.2 Å². The van der Waals surface area contributed by atoms with Gasteiger partial charge in [-0.15, -0.1) is 0 Å². The predicted octanol–water partition coefficient (Wildman–Crippen LogP) is 4.03. The van der Waals surface area contributed by atoms with E-state index in [1.165, 1.54) is 12.1 Å². The van der Waals surface area contributed by atoms with Crippen molar-refractivity contribution in [2.45, 2.75) is 51.6 Å². The number of ether oxygens (including phenoxy) is 1. The van der Waals surface area contributed by atoms with Crippen LogP contribution in [0.15, 0.2) is 24.3 Å². The van der Waals surface area contributed by atoms with E-state index in [0.717, 1.165) is 18.4 Å². The van der Waals surface area contributed by atoms with E-state index >= 15 is 0 Å². The third kappa shape index (κ3) is 5.73. The molecule has 138 valence electrons. The summed E-state index contributed by atoms with van der Waals surface area (Å²) in [6, 6.07) is 5.96. The van der Waals surface area contributed by atoms with Gasteiger partial charge in [0.2, 0.25) is 0 Å². The fourth-order valence-electron chi connectivity index (χ4n) is 3.29. The molecule has 0 aliphatic carbocycles. The lowest BCUT2D eigenvalue weighted by Gasteiger charge is -2.37. The van der Waals surface area contributed by atoms with Crippen LogP contribution in [0.25, 0.3) is 0 Å². The normalized spacial score (nSPS) is 19.4. The van der Waals surface area contributed by atoms with Crippen molar-refractivity contribution in [2.75, 3.05) is 13.1 Å². The summed E-state index contributed by atoms with van der Waals surface area (Å²) >= 11 is 0. The molecule has 0 bridgehead atoms. The lowest BCUT2D eigenvalue weighted by molar-refractivity contribution is -0.137. The fraction of sp³-hybridized carbons (Fsp3) is 0.579. The second-order valence-corrected chi connectivity index (χ2v) is 7.58. The van der Waals surface area contributed by atoms with E-state index in [2.05, 4.69) is 0 Å². The van der Waals surface area contributed by atoms with Crippen molar-refractivity contribution in [3.05, 3.63) is 35.6 Å². The van der Waals surface area contributed by atoms with E-state index in [0.29, 0.717) is 13.1 Å². The van der Waals surface area contributed by atoms with Crippen molar-refractivity contribution in [1.82, 2.24) is 4.90 Å². The van der Waals surface area contributed by atoms with Crippen LogP contribution >= 0.6 is 0 Å². The molecule has 1 aromatic carbocycles. The molecule has 0 aromatic heterocycles. The van der Waals surface area contributed by atoms with Crippen molar-refractivity contribution < 1.29 is 23.8 Å². The Bertz CT molecular complexity index is 609. The van der Waals surface area contributed by atoms with Crippen molar-refractivity contribution in [1.29, 1.82) is 0 Å². The Morgan fingerprint density at radius 3 is 2.52 bits per heavy atom. The molecule has 0 radical (unpaired) electrons. The van der Waals surface area contributed by atoms with Gasteiger partial charge in [0, 0.05) is 13.1 Å². The van der Waals surface area contributed by atoms with Gasteiger partial charge in [-0.25, -0.2) is 9.18 Å². The molecule has 1 aliphatic heterocycles. The van der Waals surface area contributed by atoms with Gasteiger partial charge in [-0.1, -0.05) is 12.1 Å². The molecular formula is C19H26FNO4. The van der Waals surface area contributed by atoms with Gasteiger partial charge in [-0.3, -0.25) is 4.79 Å². The number of benzene rings is 1. The van der Waals surface area contributed by atoms with Gasteiger partial charge >= 0.3 is 12.1 Å². The molecular weight excluding hydrogens is 325 g/mol. The monoisotopic (exact) mass is 351 g/mol. The van der Waals surface area contributed by atoms with Gasteiger partial charge in [0.25, 0.3) is 0 Å². The maximum absolute atomic E-state index is 13.2. The Kier molecular flexibility index (Phi) is 6.03. The van der Waals surface area contributed by atoms with Crippen molar-refractivity contribution in [3.8, 4) is 0 Å². The first-order valence-electron chi connectivity index (χ1n) is 8.61. The molecule has 25 heavy (non-hydrogen) atoms. The Balaban J connectivity index is 2.15. The molecule has 2 rings (SSSR count). The van der Waals surface area contributed by atoms with Gasteiger partial charge in [-0.05, 0) is 63.1 Å². The average Bonchev–Trinajstić information content (AvgIpc) is 2.52. The number of nitrogens with zero attached hydrogens (tertiary/aromatic N) is 1. The third-order valence-electron chi connectivity index (χ3n) is 4.37. The van der Waals surface area contributed by atoms with Gasteiger partial charge in [-0.2, -0.15) is 0 Å². The summed E-state index contributed by atoms with van der Waals surface area (Å²) in [5.74, 6) is -1.51. The highest BCUT2D eigenvalue weighted by Crippen LogP contribution is 2.35. The van der Waals surface area contributed by atoms with Gasteiger partial charge in [0.05, 0.1) is 6.42 Å². The molecule has 6 heteroatoms. The minimum atomic E-state index is -0.899. The van der Waals surface area contributed by atoms with Gasteiger partial charge < -0.3 is 14.7 Å². The smallest absolute Gasteiger partial charge is 0.410 e. The largest absolute Gasteiger partial charge is 0.481 e. The fourth-order valence-corrected chi connectivity index (χ4v) is 3.29. The molecule has 1 fully saturated rings. The van der Waals surface area contributed by atoms with Gasteiger partial charge in [0.1, 0.15) is 11.4 Å². The molecule has 1 amide bonds. The highest BCUT2D eigenvalue weighted by atomic mass is 19.1. The van der Waals surface area contributed by atoms with Crippen molar-refractivity contribution in [2.24, 2.45) is 5.92 Å². The van der Waals surface area contributed by atoms with Crippen LogP contribution < -0.4 is 0 Å². The number of carbonyl (C=O) groups excluding carboxylic acids is 1. The van der Waals surface area contributed by atoms with E-state index < -0.39 is 11.6 Å². The van der Waals surface area contributed by atoms with Crippen molar-refractivity contribution >= 4 is 12.1 Å². The lowest BCUT2D eigenvalue weighted by atomic mass is 9.79. The standard InChI is InChI=1S/C19H26FNO4/c1-19(2,3)25-18(24)21-10-4-5-14(12-21)16(11-17(22)23)13-6-8-15(20)9-7-13/h6-9,14,16H,4-5,10-12H2,1-3H3,(H,22,23). The number of piperidine rings is 1. The number of hydrogen-bond donors (Lipinski definition) is 1. The quantitative estimate of drug-likeness (QED) is 0.889. The van der Waals surface area contributed by atoms with Crippen LogP contribution in [0.1, 0.15) is 51.5 Å². The zero-order valence-electron chi connectivity index (χ0n) is 15.0. The Morgan fingerprint density at radius 2 is 1.96 bits per heavy atom. The molecule has 1 aliphatic rings. The molecule has 2 atom stereocenters. The maximum atomic E-state index is 13.2. The van der Waals surface area contributed by atoms with Crippen molar-refractivity contribution in [3.63, 3.8) is 0 Å². The zero-order chi connectivity index (χ0) is 18.6. The van der Waals surface area contributed by atoms with Crippen LogP contribution in [-0.4, -0.2) is 40.8 Å². The number of aliphatic carboxylic acids is 1. The second kappa shape index (κ2) is 7.85. The summed E-state index contributed by atoms with van der Waals surface area (Å²) < 4.78 is 18.6. The number of halogens is 1. The predicted molar refractivity (Wildman–Crippen MR) is 91.9 cm³/mol. The van der Waals surface area contributed by atoms with E-state index in [1.807, 2.05) is 20.8 Å². The summed E-state index contributed by atoms with van der Waals surface area (Å²) in [6.45, 7) is 6.51. The van der Waals surface area contributed by atoms with Gasteiger partial charge in [0.15, 0.2) is 0 Å². The topological polar surface area (TPSA) is 66.8 Å². The number of likely N-dealkylation sites (tertiary alicyclic amines) is 1. The van der Waals surface area contributed by atoms with Crippen LogP contribution in [0.3, 0.4) is 0 Å². The molecule has 1 saturated heterocycles. The highest BCUT2D eigenvalue weighted by molar-refractivity contribution is 5.69. The lowest BCUT2D eigenvalue weighted by Crippen LogP contribution is -2.44. The Labute approximate surface area is 147 Å². The van der Waals surface area contributed by atoms with Crippen LogP contribution in [0.4, 0.5) is 9.18 Å². The molecule has 0 spiro atoms. The summed E-state index contributed by atoms with van der Waals surface area (Å²) in [5.41, 5.74) is 0.224. The average molecular weight is 351 g/mol. The first kappa shape index (κ1) is 19.2. The minimum absolute atomic E-state index is 0.00262. The van der Waals surface area contributed by atoms with E-state index in [1.54, 1.807) is 17.0 Å². The van der Waals surface area contributed by atoms with E-state index in [9.17, 15) is 19.1 Å². The zero-order valence-corrected chi connectivity index (χ0v) is 15.0. The number of carboxylic acid groups (broad SMARTS) is 1. The summed E-state index contributed by atoms with van der Waals surface area (Å²) in [5, 5.41) is 9.28. The Hall–Kier alpha value is -2.11. The highest BCUT2D eigenvalue weighted by Gasteiger charge is 2.33. The molecule has 2 unspecified atom stereocenters. The van der Waals surface area contributed by atoms with Crippen LogP contribution in [0.2, 0.25) is 0 Å². The second-order valence-electron chi connectivity index (χ2n) is 7.58. The van der Waals surface area contributed by atoms with Crippen LogP contribution in [0, 0.1) is 11.7 Å². The number of amides is 1. The summed E-state index contributed by atoms with van der Waals surface area (Å²) in [7, 11) is 0. The number of hydrogen-bond acceptors (Lipinski definition) is 3. The molecule has 1 N–H and O–H groups in total. The first-order valence-corrected chi connectivity index (χ1v) is 8.61. The third-order valence-corrected chi connectivity index (χ3v) is 4.37. The number of rotatable bonds is 4. The molecule has 1 heterocycles. The SMILES string of the molecule is CC(C)(C)OC(=O)N1CCCC(C(CC(=O)O)c2ccc(F)cc2)C1. The summed E-state index contributed by atoms with van der Waals surface area (Å²) in [6.07, 6.45) is 1.21. The number of carbonyl (C=O) groups is 2. The Morgan fingerprint density at radius 1 is 1.32 bits per heavy atom. The van der Waals surface area contributed by atoms with E-state index in [4.69, 9.17) is 4.74 Å². The molecule has 1 aromatic rings. The van der Waals surface area contributed by atoms with Crippen LogP contribution in [0.5, 0.6) is 0 Å². The number of carboxylic acids is 1. The maximum Gasteiger partial charge on any atom is 0.410 e. The first-order chi connectivity index (χ1) is 11.7.